The number of carbonyl (C=O) groups is 1. The van der Waals surface area contributed by atoms with Crippen LogP contribution in [0, 0.1) is 5.92 Å². The van der Waals surface area contributed by atoms with Crippen molar-refractivity contribution >= 4 is 11.9 Å². The van der Waals surface area contributed by atoms with E-state index in [1.165, 1.54) is 0 Å². The molecule has 1 aromatic rings. The highest BCUT2D eigenvalue weighted by molar-refractivity contribution is 6.04. The van der Waals surface area contributed by atoms with Gasteiger partial charge in [-0.05, 0) is 44.0 Å². The molecule has 5 heteroatoms. The van der Waals surface area contributed by atoms with Crippen LogP contribution in [0.2, 0.25) is 0 Å². The molecular formula is C16H24N2O3. The third-order valence-corrected chi connectivity index (χ3v) is 3.14. The lowest BCUT2D eigenvalue weighted by Crippen LogP contribution is -2.34. The summed E-state index contributed by atoms with van der Waals surface area (Å²) < 4.78 is 10.5. The number of amides is 1. The number of hydrogen-bond donors (Lipinski definition) is 1. The maximum atomic E-state index is 12.2. The van der Waals surface area contributed by atoms with Crippen molar-refractivity contribution in [3.8, 4) is 5.75 Å². The van der Waals surface area contributed by atoms with Crippen LogP contribution in [0.25, 0.3) is 0 Å². The summed E-state index contributed by atoms with van der Waals surface area (Å²) in [7, 11) is 1.59. The predicted molar refractivity (Wildman–Crippen MR) is 83.8 cm³/mol. The molecule has 0 aromatic heterocycles. The molecule has 1 amide bonds. The Morgan fingerprint density at radius 2 is 1.86 bits per heavy atom. The molecule has 1 rings (SSSR count). The van der Waals surface area contributed by atoms with Crippen molar-refractivity contribution < 1.29 is 14.3 Å². The molecule has 1 atom stereocenters. The Hall–Kier alpha value is -2.04. The monoisotopic (exact) mass is 292 g/mol. The topological polar surface area (TPSA) is 59.9 Å². The number of ether oxygens (including phenoxy) is 2. The van der Waals surface area contributed by atoms with E-state index in [1.807, 2.05) is 13.8 Å². The van der Waals surface area contributed by atoms with E-state index < -0.39 is 0 Å². The third kappa shape index (κ3) is 5.45. The van der Waals surface area contributed by atoms with Gasteiger partial charge in [0.15, 0.2) is 0 Å². The number of aliphatic imine (C=N–C) groups is 1. The van der Waals surface area contributed by atoms with Crippen molar-refractivity contribution in [1.29, 1.82) is 0 Å². The first-order chi connectivity index (χ1) is 9.97. The number of hydrogen-bond acceptors (Lipinski definition) is 4. The van der Waals surface area contributed by atoms with Crippen molar-refractivity contribution in [2.75, 3.05) is 13.7 Å². The fourth-order valence-corrected chi connectivity index (χ4v) is 1.49. The van der Waals surface area contributed by atoms with E-state index >= 15 is 0 Å². The van der Waals surface area contributed by atoms with Gasteiger partial charge in [0, 0.05) is 5.56 Å². The quantitative estimate of drug-likeness (QED) is 0.670. The zero-order chi connectivity index (χ0) is 15.8. The number of benzene rings is 1. The second-order valence-corrected chi connectivity index (χ2v) is 5.03. The summed E-state index contributed by atoms with van der Waals surface area (Å²) in [5, 5.41) is 2.71. The lowest BCUT2D eigenvalue weighted by atomic mass is 10.1. The van der Waals surface area contributed by atoms with Gasteiger partial charge in [0.1, 0.15) is 5.75 Å². The van der Waals surface area contributed by atoms with E-state index in [9.17, 15) is 4.79 Å². The zero-order valence-electron chi connectivity index (χ0n) is 13.3. The second kappa shape index (κ2) is 8.29. The molecule has 0 heterocycles. The molecule has 0 aliphatic heterocycles. The van der Waals surface area contributed by atoms with Crippen LogP contribution in [0.3, 0.4) is 0 Å². The zero-order valence-corrected chi connectivity index (χ0v) is 13.3. The summed E-state index contributed by atoms with van der Waals surface area (Å²) in [4.78, 5) is 16.6. The maximum absolute atomic E-state index is 12.2. The van der Waals surface area contributed by atoms with E-state index in [0.29, 0.717) is 23.8 Å². The smallest absolute Gasteiger partial charge is 0.291 e. The van der Waals surface area contributed by atoms with E-state index in [2.05, 4.69) is 24.2 Å². The number of nitrogens with zero attached hydrogens (tertiary/aromatic N) is 1. The maximum Gasteiger partial charge on any atom is 0.291 e. The first-order valence-electron chi connectivity index (χ1n) is 7.13. The Balaban J connectivity index is 2.80. The molecule has 0 saturated heterocycles. The Labute approximate surface area is 126 Å². The van der Waals surface area contributed by atoms with Gasteiger partial charge in [-0.3, -0.25) is 10.1 Å². The van der Waals surface area contributed by atoms with Crippen LogP contribution >= 0.6 is 0 Å². The number of nitrogens with one attached hydrogen (secondary N) is 1. The Morgan fingerprint density at radius 3 is 2.33 bits per heavy atom. The van der Waals surface area contributed by atoms with Gasteiger partial charge < -0.3 is 9.47 Å². The summed E-state index contributed by atoms with van der Waals surface area (Å²) in [6, 6.07) is 7.21. The molecule has 21 heavy (non-hydrogen) atoms. The van der Waals surface area contributed by atoms with E-state index in [1.54, 1.807) is 31.4 Å². The predicted octanol–water partition coefficient (Wildman–Crippen LogP) is 2.86. The second-order valence-electron chi connectivity index (χ2n) is 5.03. The first-order valence-corrected chi connectivity index (χ1v) is 7.13. The van der Waals surface area contributed by atoms with Gasteiger partial charge in [0.25, 0.3) is 11.9 Å². The highest BCUT2D eigenvalue weighted by Crippen LogP contribution is 2.11. The molecule has 0 spiro atoms. The summed E-state index contributed by atoms with van der Waals surface area (Å²) >= 11 is 0. The van der Waals surface area contributed by atoms with Crippen LogP contribution in [-0.4, -0.2) is 31.7 Å². The number of rotatable bonds is 5. The fourth-order valence-electron chi connectivity index (χ4n) is 1.49. The molecular weight excluding hydrogens is 268 g/mol. The molecule has 0 radical (unpaired) electrons. The molecule has 5 nitrogen and oxygen atoms in total. The molecule has 1 unspecified atom stereocenters. The average Bonchev–Trinajstić information content (AvgIpc) is 2.47. The van der Waals surface area contributed by atoms with Crippen LogP contribution in [0.4, 0.5) is 0 Å². The minimum absolute atomic E-state index is 0.0720. The molecule has 1 N–H and O–H groups in total. The van der Waals surface area contributed by atoms with E-state index in [-0.39, 0.29) is 18.0 Å². The van der Waals surface area contributed by atoms with Crippen LogP contribution in [0.15, 0.2) is 29.3 Å². The van der Waals surface area contributed by atoms with Gasteiger partial charge in [-0.15, -0.1) is 0 Å². The van der Waals surface area contributed by atoms with Crippen molar-refractivity contribution in [1.82, 2.24) is 5.32 Å². The first kappa shape index (κ1) is 17.0. The third-order valence-electron chi connectivity index (χ3n) is 3.14. The van der Waals surface area contributed by atoms with Crippen molar-refractivity contribution in [2.45, 2.75) is 33.7 Å². The largest absolute Gasteiger partial charge is 0.497 e. The van der Waals surface area contributed by atoms with Gasteiger partial charge in [0.2, 0.25) is 0 Å². The van der Waals surface area contributed by atoms with E-state index in [4.69, 9.17) is 9.47 Å². The van der Waals surface area contributed by atoms with Gasteiger partial charge >= 0.3 is 0 Å². The van der Waals surface area contributed by atoms with Gasteiger partial charge in [-0.25, -0.2) is 4.99 Å². The van der Waals surface area contributed by atoms with Crippen LogP contribution < -0.4 is 10.1 Å². The standard InChI is InChI=1S/C16H24N2O3/c1-6-21-16(17-12(4)11(2)3)18-15(19)13-7-9-14(20-5)10-8-13/h7-12H,6H2,1-5H3,(H,17,18,19). The SMILES string of the molecule is CCOC(=NC(C)C(C)C)NC(=O)c1ccc(OC)cc1. The van der Waals surface area contributed by atoms with Crippen molar-refractivity contribution in [3.63, 3.8) is 0 Å². The van der Waals surface area contributed by atoms with Gasteiger partial charge in [-0.2, -0.15) is 0 Å². The van der Waals surface area contributed by atoms with Crippen LogP contribution in [-0.2, 0) is 4.74 Å². The summed E-state index contributed by atoms with van der Waals surface area (Å²) in [6.07, 6.45) is 0. The minimum Gasteiger partial charge on any atom is -0.497 e. The number of methoxy groups -OCH3 is 1. The summed E-state index contributed by atoms with van der Waals surface area (Å²) in [6.45, 7) is 8.44. The molecule has 0 aliphatic carbocycles. The van der Waals surface area contributed by atoms with Crippen molar-refractivity contribution in [3.05, 3.63) is 29.8 Å². The molecule has 1 aromatic carbocycles. The Bertz CT molecular complexity index is 481. The Morgan fingerprint density at radius 1 is 1.24 bits per heavy atom. The van der Waals surface area contributed by atoms with E-state index in [0.717, 1.165) is 0 Å². The summed E-state index contributed by atoms with van der Waals surface area (Å²) in [5.41, 5.74) is 0.528. The highest BCUT2D eigenvalue weighted by Gasteiger charge is 2.13. The van der Waals surface area contributed by atoms with Crippen LogP contribution in [0.5, 0.6) is 5.75 Å². The lowest BCUT2D eigenvalue weighted by Gasteiger charge is -2.14. The Kier molecular flexibility index (Phi) is 6.72. The average molecular weight is 292 g/mol. The lowest BCUT2D eigenvalue weighted by molar-refractivity contribution is 0.0966. The van der Waals surface area contributed by atoms with Crippen molar-refractivity contribution in [2.24, 2.45) is 10.9 Å². The number of amidine groups is 1. The molecule has 116 valence electrons. The van der Waals surface area contributed by atoms with Gasteiger partial charge in [-0.1, -0.05) is 13.8 Å². The molecule has 0 bridgehead atoms. The van der Waals surface area contributed by atoms with Crippen LogP contribution in [0.1, 0.15) is 38.1 Å². The number of carbonyl (C=O) groups excluding carboxylic acids is 1. The summed E-state index contributed by atoms with van der Waals surface area (Å²) in [5.74, 6) is 0.831. The molecule has 0 fully saturated rings. The normalized spacial score (nSPS) is 13.0. The molecule has 0 saturated carbocycles. The minimum atomic E-state index is -0.249. The van der Waals surface area contributed by atoms with Gasteiger partial charge in [0.05, 0.1) is 19.8 Å². The fraction of sp³-hybridized carbons (Fsp3) is 0.500. The molecule has 0 aliphatic rings. The highest BCUT2D eigenvalue weighted by atomic mass is 16.5.